The van der Waals surface area contributed by atoms with Crippen LogP contribution < -0.4 is 0 Å². The number of rotatable bonds is 10. The molecule has 104 valence electrons. The molecule has 1 aliphatic rings. The van der Waals surface area contributed by atoms with Crippen molar-refractivity contribution in [2.24, 2.45) is 0 Å². The molecule has 0 heterocycles. The Morgan fingerprint density at radius 2 is 1.39 bits per heavy atom. The Kier molecular flexibility index (Phi) is 8.26. The molecule has 0 saturated heterocycles. The topological polar surface area (TPSA) is 0 Å². The van der Waals surface area contributed by atoms with Gasteiger partial charge in [0.2, 0.25) is 0 Å². The molecule has 0 aromatic rings. The molecule has 0 amide bonds. The Morgan fingerprint density at radius 3 is 1.72 bits per heavy atom. The molecule has 0 N–H and O–H groups in total. The van der Waals surface area contributed by atoms with Gasteiger partial charge >= 0.3 is 119 Å². The average molecular weight is 284 g/mol. The van der Waals surface area contributed by atoms with E-state index >= 15 is 0 Å². The molecule has 0 bridgehead atoms. The van der Waals surface area contributed by atoms with Crippen molar-refractivity contribution in [3.8, 4) is 0 Å². The molecule has 1 rings (SSSR count). The van der Waals surface area contributed by atoms with Gasteiger partial charge in [-0.25, -0.2) is 0 Å². The predicted molar refractivity (Wildman–Crippen MR) is 81.0 cm³/mol. The fraction of sp³-hybridized carbons (Fsp3) is 0.765. The second-order valence-electron chi connectivity index (χ2n) is 5.92. The molecule has 0 unspecified atom stereocenters. The normalized spacial score (nSPS) is 15.2. The summed E-state index contributed by atoms with van der Waals surface area (Å²) in [5, 5.41) is 0. The van der Waals surface area contributed by atoms with Crippen molar-refractivity contribution in [1.82, 2.24) is 0 Å². The summed E-state index contributed by atoms with van der Waals surface area (Å²) in [4.78, 5) is 0. The molecule has 0 aromatic carbocycles. The molecule has 0 spiro atoms. The van der Waals surface area contributed by atoms with E-state index in [0.29, 0.717) is 0 Å². The first kappa shape index (κ1) is 16.2. The van der Waals surface area contributed by atoms with Crippen LogP contribution in [-0.4, -0.2) is 0 Å². The van der Waals surface area contributed by atoms with Gasteiger partial charge in [0, 0.05) is 0 Å². The number of hydrogen-bond acceptors (Lipinski definition) is 0. The second kappa shape index (κ2) is 9.15. The Bertz CT molecular complexity index is 254. The summed E-state index contributed by atoms with van der Waals surface area (Å²) in [7, 11) is 0. The van der Waals surface area contributed by atoms with E-state index < -0.39 is 16.6 Å². The van der Waals surface area contributed by atoms with Gasteiger partial charge in [0.15, 0.2) is 0 Å². The predicted octanol–water partition coefficient (Wildman–Crippen LogP) is 6.64. The molecule has 0 fully saturated rings. The molecule has 0 aliphatic heterocycles. The third-order valence-corrected chi connectivity index (χ3v) is 13.3. The van der Waals surface area contributed by atoms with E-state index in [2.05, 4.69) is 39.0 Å². The Morgan fingerprint density at radius 1 is 0.889 bits per heavy atom. The van der Waals surface area contributed by atoms with E-state index in [1.807, 2.05) is 3.88 Å². The van der Waals surface area contributed by atoms with Crippen LogP contribution in [0.25, 0.3) is 0 Å². The van der Waals surface area contributed by atoms with E-state index in [0.717, 1.165) is 0 Å². The van der Waals surface area contributed by atoms with Crippen LogP contribution in [0.15, 0.2) is 22.1 Å². The Labute approximate surface area is 118 Å². The fourth-order valence-electron chi connectivity index (χ4n) is 3.24. The standard InChI is InChI=1S/C5H5.3C4H9.Ti/c1-2-4-5-3-1;3*1-3-4-2;/h1-3H,4H2;3*1,3-4H2,2H3;. The summed E-state index contributed by atoms with van der Waals surface area (Å²) in [6, 6.07) is 0. The summed E-state index contributed by atoms with van der Waals surface area (Å²) in [5.41, 5.74) is 0. The van der Waals surface area contributed by atoms with Crippen LogP contribution in [0.1, 0.15) is 65.7 Å². The third kappa shape index (κ3) is 4.70. The zero-order chi connectivity index (χ0) is 13.3. The van der Waals surface area contributed by atoms with E-state index in [1.54, 1.807) is 14.2 Å². The minimum absolute atomic E-state index is 1.30. The molecule has 1 heteroatoms. The quantitative estimate of drug-likeness (QED) is 0.394. The number of allylic oxidation sites excluding steroid dienone is 4. The Hall–Kier alpha value is 0.194. The zero-order valence-corrected chi connectivity index (χ0v) is 14.4. The first-order valence-corrected chi connectivity index (χ1v) is 12.2. The van der Waals surface area contributed by atoms with Crippen LogP contribution in [0.2, 0.25) is 14.2 Å². The molecule has 0 atom stereocenters. The van der Waals surface area contributed by atoms with Gasteiger partial charge in [-0.15, -0.1) is 0 Å². The average Bonchev–Trinajstić information content (AvgIpc) is 2.93. The van der Waals surface area contributed by atoms with Crippen LogP contribution >= 0.6 is 0 Å². The van der Waals surface area contributed by atoms with Crippen LogP contribution in [0.3, 0.4) is 0 Å². The van der Waals surface area contributed by atoms with Crippen molar-refractivity contribution in [2.75, 3.05) is 0 Å². The third-order valence-electron chi connectivity index (χ3n) is 4.48. The van der Waals surface area contributed by atoms with Crippen LogP contribution in [0.4, 0.5) is 0 Å². The summed E-state index contributed by atoms with van der Waals surface area (Å²) in [6.07, 6.45) is 17.1. The molecule has 0 radical (unpaired) electrons. The molecule has 18 heavy (non-hydrogen) atoms. The molecular formula is C17H32Ti. The molecular weight excluding hydrogens is 252 g/mol. The van der Waals surface area contributed by atoms with Gasteiger partial charge in [0.05, 0.1) is 0 Å². The van der Waals surface area contributed by atoms with Crippen molar-refractivity contribution in [1.29, 1.82) is 0 Å². The van der Waals surface area contributed by atoms with Crippen molar-refractivity contribution in [3.63, 3.8) is 0 Å². The minimum atomic E-state index is -1.71. The summed E-state index contributed by atoms with van der Waals surface area (Å²) in [6.45, 7) is 7.07. The summed E-state index contributed by atoms with van der Waals surface area (Å²) < 4.78 is 6.73. The van der Waals surface area contributed by atoms with E-state index in [-0.39, 0.29) is 0 Å². The van der Waals surface area contributed by atoms with E-state index in [4.69, 9.17) is 0 Å². The van der Waals surface area contributed by atoms with Crippen LogP contribution in [-0.2, 0) is 16.6 Å². The molecule has 0 aromatic heterocycles. The first-order chi connectivity index (χ1) is 8.79. The van der Waals surface area contributed by atoms with Crippen molar-refractivity contribution in [3.05, 3.63) is 22.1 Å². The maximum absolute atomic E-state index is 2.50. The van der Waals surface area contributed by atoms with Crippen molar-refractivity contribution < 1.29 is 16.6 Å². The van der Waals surface area contributed by atoms with Gasteiger partial charge in [-0.05, 0) is 0 Å². The van der Waals surface area contributed by atoms with E-state index in [9.17, 15) is 0 Å². The van der Waals surface area contributed by atoms with E-state index in [1.165, 1.54) is 44.9 Å². The maximum atomic E-state index is 2.50. The monoisotopic (exact) mass is 284 g/mol. The fourth-order valence-corrected chi connectivity index (χ4v) is 12.3. The van der Waals surface area contributed by atoms with Crippen LogP contribution in [0.5, 0.6) is 0 Å². The van der Waals surface area contributed by atoms with Gasteiger partial charge in [0.1, 0.15) is 0 Å². The molecule has 1 aliphatic carbocycles. The van der Waals surface area contributed by atoms with Crippen LogP contribution in [0, 0.1) is 0 Å². The zero-order valence-electron chi connectivity index (χ0n) is 12.8. The molecule has 0 saturated carbocycles. The second-order valence-corrected chi connectivity index (χ2v) is 13.3. The summed E-state index contributed by atoms with van der Waals surface area (Å²) >= 11 is -1.71. The van der Waals surface area contributed by atoms with Crippen molar-refractivity contribution >= 4 is 0 Å². The SMILES string of the molecule is CCC[CH2][Ti]([CH2]CCC)([CH2]CCC)[C]1=CC=CC1. The molecule has 0 nitrogen and oxygen atoms in total. The van der Waals surface area contributed by atoms with Gasteiger partial charge < -0.3 is 0 Å². The number of hydrogen-bond donors (Lipinski definition) is 0. The van der Waals surface area contributed by atoms with Gasteiger partial charge in [-0.1, -0.05) is 0 Å². The number of unbranched alkanes of at least 4 members (excludes halogenated alkanes) is 3. The van der Waals surface area contributed by atoms with Gasteiger partial charge in [0.25, 0.3) is 0 Å². The van der Waals surface area contributed by atoms with Gasteiger partial charge in [-0.2, -0.15) is 0 Å². The Balaban J connectivity index is 2.76. The summed E-state index contributed by atoms with van der Waals surface area (Å²) in [5.74, 6) is 0. The van der Waals surface area contributed by atoms with Crippen molar-refractivity contribution in [2.45, 2.75) is 79.9 Å². The van der Waals surface area contributed by atoms with Gasteiger partial charge in [-0.3, -0.25) is 0 Å². The first-order valence-electron chi connectivity index (χ1n) is 8.15.